The Morgan fingerprint density at radius 2 is 2.25 bits per heavy atom. The Bertz CT molecular complexity index is 558. The fourth-order valence-corrected chi connectivity index (χ4v) is 2.02. The van der Waals surface area contributed by atoms with E-state index in [1.807, 2.05) is 6.07 Å². The molecule has 1 aromatic carbocycles. The first-order valence-electron chi connectivity index (χ1n) is 4.41. The maximum absolute atomic E-state index is 13.1. The van der Waals surface area contributed by atoms with Gasteiger partial charge in [-0.05, 0) is 30.0 Å². The van der Waals surface area contributed by atoms with Gasteiger partial charge in [-0.1, -0.05) is 0 Å². The molecule has 80 valence electrons. The van der Waals surface area contributed by atoms with Crippen LogP contribution in [-0.4, -0.2) is 14.8 Å². The summed E-state index contributed by atoms with van der Waals surface area (Å²) in [5, 5.41) is 13.3. The van der Waals surface area contributed by atoms with E-state index in [0.29, 0.717) is 15.6 Å². The molecular weight excluding hydrogens is 227 g/mol. The van der Waals surface area contributed by atoms with E-state index in [0.717, 1.165) is 0 Å². The van der Waals surface area contributed by atoms with Gasteiger partial charge in [-0.3, -0.25) is 0 Å². The number of rotatable bonds is 2. The van der Waals surface area contributed by atoms with Gasteiger partial charge in [0.2, 0.25) is 0 Å². The van der Waals surface area contributed by atoms with E-state index >= 15 is 0 Å². The fraction of sp³-hybridized carbons (Fsp3) is 0.100. The molecule has 0 saturated carbocycles. The van der Waals surface area contributed by atoms with Crippen molar-refractivity contribution in [3.05, 3.63) is 35.9 Å². The summed E-state index contributed by atoms with van der Waals surface area (Å²) < 4.78 is 14.7. The number of nitriles is 1. The van der Waals surface area contributed by atoms with E-state index in [-0.39, 0.29) is 0 Å². The van der Waals surface area contributed by atoms with Crippen molar-refractivity contribution in [2.45, 2.75) is 10.1 Å². The summed E-state index contributed by atoms with van der Waals surface area (Å²) in [4.78, 5) is 4.64. The van der Waals surface area contributed by atoms with Crippen LogP contribution in [0.1, 0.15) is 5.56 Å². The largest absolute Gasteiger partial charge is 0.244 e. The highest BCUT2D eigenvalue weighted by molar-refractivity contribution is 7.99. The van der Waals surface area contributed by atoms with Gasteiger partial charge in [0.15, 0.2) is 5.16 Å². The Morgan fingerprint density at radius 1 is 1.44 bits per heavy atom. The predicted octanol–water partition coefficient (Wildman–Crippen LogP) is 1.98. The van der Waals surface area contributed by atoms with E-state index in [9.17, 15) is 4.39 Å². The number of halogens is 1. The van der Waals surface area contributed by atoms with Gasteiger partial charge in [-0.15, -0.1) is 0 Å². The van der Waals surface area contributed by atoms with Crippen molar-refractivity contribution in [1.29, 1.82) is 5.26 Å². The first-order chi connectivity index (χ1) is 7.69. The summed E-state index contributed by atoms with van der Waals surface area (Å²) in [7, 11) is 1.75. The van der Waals surface area contributed by atoms with Crippen molar-refractivity contribution in [1.82, 2.24) is 14.8 Å². The standard InChI is InChI=1S/C10H7FN4S/c1-15-10(13-6-14-15)16-9-3-7(5-12)2-8(11)4-9/h2-4,6H,1H3. The lowest BCUT2D eigenvalue weighted by Crippen LogP contribution is -1.92. The van der Waals surface area contributed by atoms with Gasteiger partial charge in [0.05, 0.1) is 11.6 Å². The first kappa shape index (κ1) is 10.6. The molecule has 0 aliphatic carbocycles. The van der Waals surface area contributed by atoms with Crippen LogP contribution in [0.15, 0.2) is 34.6 Å². The quantitative estimate of drug-likeness (QED) is 0.797. The molecule has 0 bridgehead atoms. The minimum absolute atomic E-state index is 0.296. The van der Waals surface area contributed by atoms with Crippen LogP contribution in [0.4, 0.5) is 4.39 Å². The number of aryl methyl sites for hydroxylation is 1. The van der Waals surface area contributed by atoms with Gasteiger partial charge in [-0.2, -0.15) is 10.4 Å². The zero-order valence-electron chi connectivity index (χ0n) is 8.38. The summed E-state index contributed by atoms with van der Waals surface area (Å²) in [6.45, 7) is 0. The molecule has 0 fully saturated rings. The number of benzene rings is 1. The van der Waals surface area contributed by atoms with Gasteiger partial charge >= 0.3 is 0 Å². The molecule has 1 heterocycles. The van der Waals surface area contributed by atoms with Crippen molar-refractivity contribution >= 4 is 11.8 Å². The number of hydrogen-bond acceptors (Lipinski definition) is 4. The van der Waals surface area contributed by atoms with Crippen LogP contribution in [0.5, 0.6) is 0 Å². The Balaban J connectivity index is 2.32. The van der Waals surface area contributed by atoms with E-state index < -0.39 is 5.82 Å². The van der Waals surface area contributed by atoms with E-state index in [2.05, 4.69) is 10.1 Å². The first-order valence-corrected chi connectivity index (χ1v) is 5.23. The van der Waals surface area contributed by atoms with Crippen LogP contribution in [0, 0.1) is 17.1 Å². The molecule has 2 rings (SSSR count). The molecule has 0 aliphatic rings. The van der Waals surface area contributed by atoms with Gasteiger partial charge in [0.1, 0.15) is 12.1 Å². The highest BCUT2D eigenvalue weighted by Gasteiger charge is 2.06. The molecule has 2 aromatic rings. The SMILES string of the molecule is Cn1ncnc1Sc1cc(F)cc(C#N)c1. The summed E-state index contributed by atoms with van der Waals surface area (Å²) in [5.74, 6) is -0.427. The molecule has 0 N–H and O–H groups in total. The molecule has 1 aromatic heterocycles. The van der Waals surface area contributed by atoms with E-state index in [1.165, 1.54) is 30.2 Å². The highest BCUT2D eigenvalue weighted by atomic mass is 32.2. The zero-order chi connectivity index (χ0) is 11.5. The molecule has 4 nitrogen and oxygen atoms in total. The second-order valence-corrected chi connectivity index (χ2v) is 4.10. The van der Waals surface area contributed by atoms with E-state index in [1.54, 1.807) is 17.8 Å². The Kier molecular flexibility index (Phi) is 2.88. The lowest BCUT2D eigenvalue weighted by atomic mass is 10.2. The number of aromatic nitrogens is 3. The lowest BCUT2D eigenvalue weighted by Gasteiger charge is -2.01. The van der Waals surface area contributed by atoms with Crippen molar-refractivity contribution in [2.75, 3.05) is 0 Å². The molecule has 16 heavy (non-hydrogen) atoms. The maximum Gasteiger partial charge on any atom is 0.190 e. The van der Waals surface area contributed by atoms with E-state index in [4.69, 9.17) is 5.26 Å². The fourth-order valence-electron chi connectivity index (χ4n) is 1.17. The van der Waals surface area contributed by atoms with Crippen LogP contribution in [0.2, 0.25) is 0 Å². The molecule has 0 atom stereocenters. The summed E-state index contributed by atoms with van der Waals surface area (Å²) in [6.07, 6.45) is 1.42. The molecule has 0 spiro atoms. The lowest BCUT2D eigenvalue weighted by molar-refractivity contribution is 0.623. The summed E-state index contributed by atoms with van der Waals surface area (Å²) >= 11 is 1.26. The van der Waals surface area contributed by atoms with Gasteiger partial charge in [-0.25, -0.2) is 14.1 Å². The third-order valence-electron chi connectivity index (χ3n) is 1.88. The normalized spacial score (nSPS) is 10.1. The van der Waals surface area contributed by atoms with Crippen molar-refractivity contribution < 1.29 is 4.39 Å². The average Bonchev–Trinajstić information content (AvgIpc) is 2.63. The van der Waals surface area contributed by atoms with Gasteiger partial charge < -0.3 is 0 Å². The second kappa shape index (κ2) is 4.33. The Morgan fingerprint density at radius 3 is 2.88 bits per heavy atom. The topological polar surface area (TPSA) is 54.5 Å². The smallest absolute Gasteiger partial charge is 0.190 e. The minimum atomic E-state index is -0.427. The van der Waals surface area contributed by atoms with Gasteiger partial charge in [0, 0.05) is 11.9 Å². The number of nitrogens with zero attached hydrogens (tertiary/aromatic N) is 4. The Hall–Kier alpha value is -1.87. The summed E-state index contributed by atoms with van der Waals surface area (Å²) in [6, 6.07) is 6.08. The molecular formula is C10H7FN4S. The average molecular weight is 234 g/mol. The van der Waals surface area contributed by atoms with Crippen LogP contribution >= 0.6 is 11.8 Å². The molecule has 0 unspecified atom stereocenters. The van der Waals surface area contributed by atoms with Crippen LogP contribution in [-0.2, 0) is 7.05 Å². The molecule has 0 radical (unpaired) electrons. The van der Waals surface area contributed by atoms with Gasteiger partial charge in [0.25, 0.3) is 0 Å². The van der Waals surface area contributed by atoms with Crippen molar-refractivity contribution in [2.24, 2.45) is 7.05 Å². The van der Waals surface area contributed by atoms with Crippen molar-refractivity contribution in [3.63, 3.8) is 0 Å². The van der Waals surface area contributed by atoms with Crippen molar-refractivity contribution in [3.8, 4) is 6.07 Å². The summed E-state index contributed by atoms with van der Waals surface area (Å²) in [5.41, 5.74) is 0.296. The third-order valence-corrected chi connectivity index (χ3v) is 2.90. The molecule has 0 saturated heterocycles. The Labute approximate surface area is 95.7 Å². The molecule has 0 aliphatic heterocycles. The monoisotopic (exact) mass is 234 g/mol. The van der Waals surface area contributed by atoms with Crippen LogP contribution < -0.4 is 0 Å². The predicted molar refractivity (Wildman–Crippen MR) is 56.2 cm³/mol. The third kappa shape index (κ3) is 2.20. The van der Waals surface area contributed by atoms with Crippen LogP contribution in [0.25, 0.3) is 0 Å². The maximum atomic E-state index is 13.1. The van der Waals surface area contributed by atoms with Crippen LogP contribution in [0.3, 0.4) is 0 Å². The zero-order valence-corrected chi connectivity index (χ0v) is 9.20. The molecule has 6 heteroatoms. The molecule has 0 amide bonds. The second-order valence-electron chi connectivity index (χ2n) is 3.06. The highest BCUT2D eigenvalue weighted by Crippen LogP contribution is 2.26. The number of hydrogen-bond donors (Lipinski definition) is 0. The minimum Gasteiger partial charge on any atom is -0.244 e.